The molecule has 1 rings (SSSR count). The van der Waals surface area contributed by atoms with Gasteiger partial charge in [-0.1, -0.05) is 6.92 Å². The van der Waals surface area contributed by atoms with Gasteiger partial charge < -0.3 is 9.84 Å². The summed E-state index contributed by atoms with van der Waals surface area (Å²) in [5, 5.41) is 14.7. The minimum Gasteiger partial charge on any atom is -0.384 e. The Hall–Kier alpha value is -0.390. The van der Waals surface area contributed by atoms with Crippen LogP contribution in [0.25, 0.3) is 0 Å². The Kier molecular flexibility index (Phi) is 5.16. The smallest absolute Gasteiger partial charge is 0.125 e. The molecule has 0 bridgehead atoms. The predicted molar refractivity (Wildman–Crippen MR) is 70.9 cm³/mol. The van der Waals surface area contributed by atoms with Crippen molar-refractivity contribution >= 4 is 15.9 Å². The number of aromatic nitrogens is 2. The molecule has 1 heterocycles. The van der Waals surface area contributed by atoms with Crippen molar-refractivity contribution < 1.29 is 9.84 Å². The van der Waals surface area contributed by atoms with Gasteiger partial charge in [-0.05, 0) is 43.1 Å². The maximum atomic E-state index is 10.4. The summed E-state index contributed by atoms with van der Waals surface area (Å²) < 4.78 is 8.25. The van der Waals surface area contributed by atoms with Crippen LogP contribution in [0.2, 0.25) is 0 Å². The molecule has 0 aliphatic heterocycles. The quantitative estimate of drug-likeness (QED) is 0.879. The Morgan fingerprint density at radius 2 is 2.18 bits per heavy atom. The number of halogens is 1. The number of hydrogen-bond donors (Lipinski definition) is 1. The molecule has 0 saturated carbocycles. The SMILES string of the molecule is CCCn1ncc(Br)c1C(O)C(C)(C)OCC. The van der Waals surface area contributed by atoms with E-state index in [-0.39, 0.29) is 0 Å². The molecule has 98 valence electrons. The van der Waals surface area contributed by atoms with Crippen LogP contribution in [0.1, 0.15) is 45.9 Å². The van der Waals surface area contributed by atoms with E-state index in [4.69, 9.17) is 4.74 Å². The van der Waals surface area contributed by atoms with E-state index in [2.05, 4.69) is 28.0 Å². The Morgan fingerprint density at radius 1 is 1.53 bits per heavy atom. The third kappa shape index (κ3) is 3.30. The highest BCUT2D eigenvalue weighted by atomic mass is 79.9. The summed E-state index contributed by atoms with van der Waals surface area (Å²) in [4.78, 5) is 0. The van der Waals surface area contributed by atoms with E-state index in [1.54, 1.807) is 6.20 Å². The summed E-state index contributed by atoms with van der Waals surface area (Å²) in [6.07, 6.45) is 1.99. The first-order valence-corrected chi connectivity index (χ1v) is 6.76. The minimum absolute atomic E-state index is 0.573. The Labute approximate surface area is 111 Å². The lowest BCUT2D eigenvalue weighted by Gasteiger charge is -2.31. The first-order chi connectivity index (χ1) is 7.94. The second-order valence-electron chi connectivity index (χ2n) is 4.54. The largest absolute Gasteiger partial charge is 0.384 e. The van der Waals surface area contributed by atoms with E-state index in [0.717, 1.165) is 23.1 Å². The maximum absolute atomic E-state index is 10.4. The van der Waals surface area contributed by atoms with E-state index >= 15 is 0 Å². The molecule has 0 saturated heterocycles. The number of nitrogens with zero attached hydrogens (tertiary/aromatic N) is 2. The maximum Gasteiger partial charge on any atom is 0.125 e. The Balaban J connectivity index is 3.01. The van der Waals surface area contributed by atoms with Gasteiger partial charge in [0, 0.05) is 13.2 Å². The molecule has 0 fully saturated rings. The van der Waals surface area contributed by atoms with Gasteiger partial charge in [-0.3, -0.25) is 4.68 Å². The number of aliphatic hydroxyl groups is 1. The summed E-state index contributed by atoms with van der Waals surface area (Å²) in [7, 11) is 0. The van der Waals surface area contributed by atoms with Crippen molar-refractivity contribution in [1.82, 2.24) is 9.78 Å². The first kappa shape index (κ1) is 14.7. The van der Waals surface area contributed by atoms with Crippen LogP contribution in [-0.4, -0.2) is 27.1 Å². The van der Waals surface area contributed by atoms with Crippen molar-refractivity contribution in [3.05, 3.63) is 16.4 Å². The fourth-order valence-electron chi connectivity index (χ4n) is 1.81. The third-order valence-electron chi connectivity index (χ3n) is 2.70. The lowest BCUT2D eigenvalue weighted by atomic mass is 9.98. The fraction of sp³-hybridized carbons (Fsp3) is 0.750. The van der Waals surface area contributed by atoms with Gasteiger partial charge in [0.15, 0.2) is 0 Å². The lowest BCUT2D eigenvalue weighted by Crippen LogP contribution is -2.34. The minimum atomic E-state index is -0.703. The lowest BCUT2D eigenvalue weighted by molar-refractivity contribution is -0.101. The summed E-state index contributed by atoms with van der Waals surface area (Å²) in [6, 6.07) is 0. The molecule has 1 aromatic heterocycles. The molecular weight excluding hydrogens is 284 g/mol. The van der Waals surface area contributed by atoms with E-state index in [1.807, 2.05) is 25.5 Å². The van der Waals surface area contributed by atoms with Crippen LogP contribution < -0.4 is 0 Å². The number of ether oxygens (including phenoxy) is 1. The fourth-order valence-corrected chi connectivity index (χ4v) is 2.33. The van der Waals surface area contributed by atoms with Gasteiger partial charge >= 0.3 is 0 Å². The van der Waals surface area contributed by atoms with Crippen molar-refractivity contribution in [3.8, 4) is 0 Å². The third-order valence-corrected chi connectivity index (χ3v) is 3.31. The second-order valence-corrected chi connectivity index (χ2v) is 5.39. The van der Waals surface area contributed by atoms with Crippen LogP contribution in [-0.2, 0) is 11.3 Å². The van der Waals surface area contributed by atoms with Crippen LogP contribution in [0.15, 0.2) is 10.7 Å². The van der Waals surface area contributed by atoms with E-state index in [9.17, 15) is 5.11 Å². The van der Waals surface area contributed by atoms with Gasteiger partial charge in [0.1, 0.15) is 6.10 Å². The molecule has 5 heteroatoms. The molecular formula is C12H21BrN2O2. The standard InChI is InChI=1S/C12H21BrN2O2/c1-5-7-15-10(9(13)8-14-15)11(16)12(3,4)17-6-2/h8,11,16H,5-7H2,1-4H3. The molecule has 0 amide bonds. The highest BCUT2D eigenvalue weighted by Gasteiger charge is 2.33. The highest BCUT2D eigenvalue weighted by Crippen LogP contribution is 2.33. The summed E-state index contributed by atoms with van der Waals surface area (Å²) in [5.74, 6) is 0. The van der Waals surface area contributed by atoms with Gasteiger partial charge in [0.05, 0.1) is 22.0 Å². The summed E-state index contributed by atoms with van der Waals surface area (Å²) in [6.45, 7) is 9.14. The van der Waals surface area contributed by atoms with Crippen LogP contribution >= 0.6 is 15.9 Å². The zero-order chi connectivity index (χ0) is 13.1. The predicted octanol–water partition coefficient (Wildman–Crippen LogP) is 2.90. The molecule has 1 unspecified atom stereocenters. The van der Waals surface area contributed by atoms with Crippen molar-refractivity contribution in [2.45, 2.75) is 52.4 Å². The zero-order valence-corrected chi connectivity index (χ0v) is 12.5. The molecule has 0 aliphatic rings. The van der Waals surface area contributed by atoms with Crippen LogP contribution in [0.5, 0.6) is 0 Å². The van der Waals surface area contributed by atoms with Gasteiger partial charge in [-0.25, -0.2) is 0 Å². The molecule has 0 aliphatic carbocycles. The summed E-state index contributed by atoms with van der Waals surface area (Å²) in [5.41, 5.74) is 0.160. The number of hydrogen-bond acceptors (Lipinski definition) is 3. The van der Waals surface area contributed by atoms with Gasteiger partial charge in [0.2, 0.25) is 0 Å². The highest BCUT2D eigenvalue weighted by molar-refractivity contribution is 9.10. The molecule has 0 spiro atoms. The van der Waals surface area contributed by atoms with E-state index < -0.39 is 11.7 Å². The van der Waals surface area contributed by atoms with Gasteiger partial charge in [0.25, 0.3) is 0 Å². The molecule has 0 aromatic carbocycles. The molecule has 1 atom stereocenters. The average molecular weight is 305 g/mol. The molecule has 1 N–H and O–H groups in total. The number of rotatable bonds is 6. The topological polar surface area (TPSA) is 47.3 Å². The second kappa shape index (κ2) is 5.98. The number of aliphatic hydroxyl groups excluding tert-OH is 1. The Bertz CT molecular complexity index is 363. The molecule has 4 nitrogen and oxygen atoms in total. The molecule has 1 aromatic rings. The van der Waals surface area contributed by atoms with Crippen LogP contribution in [0.4, 0.5) is 0 Å². The van der Waals surface area contributed by atoms with Crippen LogP contribution in [0, 0.1) is 0 Å². The monoisotopic (exact) mass is 304 g/mol. The van der Waals surface area contributed by atoms with Crippen molar-refractivity contribution in [2.75, 3.05) is 6.61 Å². The molecule has 17 heavy (non-hydrogen) atoms. The van der Waals surface area contributed by atoms with Crippen molar-refractivity contribution in [3.63, 3.8) is 0 Å². The number of aryl methyl sites for hydroxylation is 1. The van der Waals surface area contributed by atoms with E-state index in [0.29, 0.717) is 6.61 Å². The van der Waals surface area contributed by atoms with Gasteiger partial charge in [-0.2, -0.15) is 5.10 Å². The Morgan fingerprint density at radius 3 is 2.71 bits per heavy atom. The normalized spacial score (nSPS) is 14.0. The molecule has 0 radical (unpaired) electrons. The van der Waals surface area contributed by atoms with E-state index in [1.165, 1.54) is 0 Å². The van der Waals surface area contributed by atoms with Gasteiger partial charge in [-0.15, -0.1) is 0 Å². The zero-order valence-electron chi connectivity index (χ0n) is 10.9. The average Bonchev–Trinajstić information content (AvgIpc) is 2.59. The van der Waals surface area contributed by atoms with Crippen molar-refractivity contribution in [2.24, 2.45) is 0 Å². The van der Waals surface area contributed by atoms with Crippen LogP contribution in [0.3, 0.4) is 0 Å². The first-order valence-electron chi connectivity index (χ1n) is 5.97. The van der Waals surface area contributed by atoms with Crippen molar-refractivity contribution in [1.29, 1.82) is 0 Å². The summed E-state index contributed by atoms with van der Waals surface area (Å²) >= 11 is 3.43.